The summed E-state index contributed by atoms with van der Waals surface area (Å²) in [6.45, 7) is 9.63. The number of carbonyl (C=O) groups excluding carboxylic acids is 2. The molecule has 44 heavy (non-hydrogen) atoms. The molecule has 2 amide bonds. The van der Waals surface area contributed by atoms with Crippen LogP contribution in [-0.2, 0) is 32.2 Å². The van der Waals surface area contributed by atoms with Crippen LogP contribution in [0, 0.1) is 5.92 Å². The summed E-state index contributed by atoms with van der Waals surface area (Å²) < 4.78 is 18.0. The average Bonchev–Trinajstić information content (AvgIpc) is 3.04. The predicted octanol–water partition coefficient (Wildman–Crippen LogP) is 5.12. The largest absolute Gasteiger partial charge is 0.465 e. The van der Waals surface area contributed by atoms with E-state index in [1.54, 1.807) is 6.92 Å². The first-order valence-corrected chi connectivity index (χ1v) is 15.0. The molecular formula is C35H43N3O6. The van der Waals surface area contributed by atoms with Crippen LogP contribution in [0.3, 0.4) is 0 Å². The van der Waals surface area contributed by atoms with Gasteiger partial charge in [0.05, 0.1) is 25.4 Å². The van der Waals surface area contributed by atoms with Crippen molar-refractivity contribution in [1.82, 2.24) is 15.5 Å². The average molecular weight is 602 g/mol. The third kappa shape index (κ3) is 9.00. The molecule has 0 aliphatic carbocycles. The molecule has 3 aromatic rings. The van der Waals surface area contributed by atoms with Crippen LogP contribution in [0.4, 0.5) is 4.79 Å². The molecule has 9 heteroatoms. The van der Waals surface area contributed by atoms with Crippen LogP contribution in [0.15, 0.2) is 85.5 Å². The minimum absolute atomic E-state index is 0.000289. The number of ether oxygens (including phenoxy) is 3. The molecule has 1 fully saturated rings. The molecule has 3 aromatic carbocycles. The van der Waals surface area contributed by atoms with E-state index in [-0.39, 0.29) is 37.9 Å². The number of urea groups is 1. The minimum Gasteiger partial charge on any atom is -0.465 e. The Morgan fingerprint density at radius 2 is 1.70 bits per heavy atom. The van der Waals surface area contributed by atoms with E-state index >= 15 is 0 Å². The van der Waals surface area contributed by atoms with Crippen molar-refractivity contribution in [3.63, 3.8) is 0 Å². The number of hydrogen-bond acceptors (Lipinski definition) is 7. The number of nitrogens with zero attached hydrogens (tertiary/aromatic N) is 1. The lowest BCUT2D eigenvalue weighted by atomic mass is 9.90. The fourth-order valence-corrected chi connectivity index (χ4v) is 5.23. The summed E-state index contributed by atoms with van der Waals surface area (Å²) in [5, 5.41) is 14.8. The Balaban J connectivity index is 1.46. The number of nitrogens with one attached hydrogen (secondary N) is 2. The molecule has 0 radical (unpaired) electrons. The van der Waals surface area contributed by atoms with Crippen molar-refractivity contribution < 1.29 is 28.9 Å². The van der Waals surface area contributed by atoms with Crippen molar-refractivity contribution in [2.45, 2.75) is 45.5 Å². The molecule has 1 aliphatic rings. The number of aliphatic hydroxyl groups is 1. The monoisotopic (exact) mass is 601 g/mol. The van der Waals surface area contributed by atoms with Crippen molar-refractivity contribution in [3.05, 3.63) is 108 Å². The van der Waals surface area contributed by atoms with Crippen LogP contribution in [0.5, 0.6) is 0 Å². The van der Waals surface area contributed by atoms with Crippen LogP contribution in [0.2, 0.25) is 0 Å². The van der Waals surface area contributed by atoms with Crippen molar-refractivity contribution >= 4 is 12.0 Å². The fraction of sp³-hybridized carbons (Fsp3) is 0.371. The van der Waals surface area contributed by atoms with Gasteiger partial charge >= 0.3 is 12.0 Å². The van der Waals surface area contributed by atoms with Gasteiger partial charge in [0.1, 0.15) is 6.54 Å². The van der Waals surface area contributed by atoms with E-state index in [4.69, 9.17) is 14.2 Å². The van der Waals surface area contributed by atoms with Gasteiger partial charge in [0, 0.05) is 31.1 Å². The van der Waals surface area contributed by atoms with Crippen LogP contribution in [0.25, 0.3) is 11.1 Å². The van der Waals surface area contributed by atoms with Gasteiger partial charge in [-0.1, -0.05) is 79.7 Å². The zero-order valence-electron chi connectivity index (χ0n) is 25.7. The van der Waals surface area contributed by atoms with Gasteiger partial charge in [0.25, 0.3) is 0 Å². The van der Waals surface area contributed by atoms with E-state index in [0.29, 0.717) is 6.54 Å². The van der Waals surface area contributed by atoms with Gasteiger partial charge < -0.3 is 34.9 Å². The zero-order valence-corrected chi connectivity index (χ0v) is 25.7. The topological polar surface area (TPSA) is 109 Å². The lowest BCUT2D eigenvalue weighted by Gasteiger charge is -2.42. The van der Waals surface area contributed by atoms with Crippen LogP contribution < -0.4 is 10.6 Å². The van der Waals surface area contributed by atoms with Gasteiger partial charge in [-0.25, -0.2) is 4.79 Å². The van der Waals surface area contributed by atoms with Gasteiger partial charge in [-0.3, -0.25) is 4.79 Å². The molecule has 0 bridgehead atoms. The minimum atomic E-state index is -0.548. The Morgan fingerprint density at radius 3 is 2.39 bits per heavy atom. The summed E-state index contributed by atoms with van der Waals surface area (Å²) in [7, 11) is 2.06. The lowest BCUT2D eigenvalue weighted by molar-refractivity contribution is -0.275. The fourth-order valence-electron chi connectivity index (χ4n) is 5.23. The number of likely N-dealkylation sites (N-methyl/N-ethyl adjacent to an activating group) is 1. The third-order valence-electron chi connectivity index (χ3n) is 7.65. The summed E-state index contributed by atoms with van der Waals surface area (Å²) in [4.78, 5) is 25.7. The second kappa shape index (κ2) is 16.2. The van der Waals surface area contributed by atoms with Gasteiger partial charge in [0.2, 0.25) is 0 Å². The Bertz CT molecular complexity index is 1380. The maximum atomic E-state index is 12.1. The molecular weight excluding hydrogens is 558 g/mol. The van der Waals surface area contributed by atoms with E-state index in [1.165, 1.54) is 0 Å². The molecule has 4 atom stereocenters. The van der Waals surface area contributed by atoms with Crippen molar-refractivity contribution in [1.29, 1.82) is 0 Å². The van der Waals surface area contributed by atoms with Gasteiger partial charge in [-0.2, -0.15) is 0 Å². The quantitative estimate of drug-likeness (QED) is 0.184. The van der Waals surface area contributed by atoms with E-state index in [1.807, 2.05) is 78.9 Å². The number of aliphatic hydroxyl groups excluding tert-OH is 1. The maximum Gasteiger partial charge on any atom is 0.325 e. The Labute approximate surface area is 259 Å². The summed E-state index contributed by atoms with van der Waals surface area (Å²) in [5.41, 5.74) is 5.78. The molecule has 1 heterocycles. The van der Waals surface area contributed by atoms with Crippen molar-refractivity contribution in [3.8, 4) is 11.1 Å². The van der Waals surface area contributed by atoms with E-state index < -0.39 is 18.3 Å². The summed E-state index contributed by atoms with van der Waals surface area (Å²) in [6.07, 6.45) is 1.09. The number of esters is 1. The van der Waals surface area contributed by atoms with Gasteiger partial charge in [0.15, 0.2) is 6.29 Å². The summed E-state index contributed by atoms with van der Waals surface area (Å²) in [5.74, 6) is -0.379. The normalized spacial score (nSPS) is 19.8. The van der Waals surface area contributed by atoms with Crippen LogP contribution in [-0.4, -0.2) is 61.4 Å². The lowest BCUT2D eigenvalue weighted by Crippen LogP contribution is -2.43. The Morgan fingerprint density at radius 1 is 0.977 bits per heavy atom. The molecule has 234 valence electrons. The van der Waals surface area contributed by atoms with Crippen LogP contribution >= 0.6 is 0 Å². The Hall–Kier alpha value is -4.02. The SMILES string of the molecule is C=CCN(C)C[C@H]1O[C@@H](c2ccc(-c3cccc(CNC(=O)NCC(=O)OCC)c3)cc2)O[C@@H](c2ccc(CO)cc2)[C@H]1C. The number of rotatable bonds is 13. The highest BCUT2D eigenvalue weighted by Gasteiger charge is 2.38. The second-order valence-corrected chi connectivity index (χ2v) is 11.0. The van der Waals surface area contributed by atoms with Gasteiger partial charge in [-0.15, -0.1) is 6.58 Å². The smallest absolute Gasteiger partial charge is 0.325 e. The van der Waals surface area contributed by atoms with Crippen molar-refractivity contribution in [2.24, 2.45) is 5.92 Å². The van der Waals surface area contributed by atoms with E-state index in [2.05, 4.69) is 36.1 Å². The molecule has 0 spiro atoms. The molecule has 0 saturated carbocycles. The first-order chi connectivity index (χ1) is 21.3. The maximum absolute atomic E-state index is 12.1. The molecule has 0 unspecified atom stereocenters. The predicted molar refractivity (Wildman–Crippen MR) is 169 cm³/mol. The first kappa shape index (κ1) is 32.9. The second-order valence-electron chi connectivity index (χ2n) is 11.0. The number of benzene rings is 3. The molecule has 3 N–H and O–H groups in total. The van der Waals surface area contributed by atoms with E-state index in [9.17, 15) is 14.7 Å². The Kier molecular flexibility index (Phi) is 12.1. The summed E-state index contributed by atoms with van der Waals surface area (Å²) >= 11 is 0. The van der Waals surface area contributed by atoms with Crippen molar-refractivity contribution in [2.75, 3.05) is 33.3 Å². The highest BCUT2D eigenvalue weighted by atomic mass is 16.7. The summed E-state index contributed by atoms with van der Waals surface area (Å²) in [6, 6.07) is 23.5. The number of hydrogen-bond donors (Lipinski definition) is 3. The standard InChI is InChI=1S/C35H43N3O6/c1-5-18-38(4)22-31-24(3)33(28-12-10-25(23-39)11-13-28)44-34(43-31)29-16-14-27(15-17-29)30-9-7-8-26(19-30)20-36-35(41)37-21-32(40)42-6-2/h5,7-17,19,24,31,33-34,39H,1,6,18,20-23H2,2-4H3,(H2,36,37,41)/t24-,31+,33+,34+/m0/s1. The highest BCUT2D eigenvalue weighted by Crippen LogP contribution is 2.42. The first-order valence-electron chi connectivity index (χ1n) is 15.0. The number of amides is 2. The molecule has 0 aromatic heterocycles. The van der Waals surface area contributed by atoms with Gasteiger partial charge in [-0.05, 0) is 47.9 Å². The molecule has 1 saturated heterocycles. The van der Waals surface area contributed by atoms with E-state index in [0.717, 1.165) is 46.5 Å². The van der Waals surface area contributed by atoms with Crippen LogP contribution in [0.1, 0.15) is 48.5 Å². The third-order valence-corrected chi connectivity index (χ3v) is 7.65. The zero-order chi connectivity index (χ0) is 31.5. The molecule has 9 nitrogen and oxygen atoms in total. The molecule has 1 aliphatic heterocycles. The highest BCUT2D eigenvalue weighted by molar-refractivity contribution is 5.80. The number of carbonyl (C=O) groups is 2. The molecule has 4 rings (SSSR count).